The highest BCUT2D eigenvalue weighted by molar-refractivity contribution is 14.0. The molecule has 2 heterocycles. The van der Waals surface area contributed by atoms with Gasteiger partial charge in [0.2, 0.25) is 0 Å². The van der Waals surface area contributed by atoms with Crippen LogP contribution in [0, 0.1) is 0 Å². The molecule has 1 fully saturated rings. The standard InChI is InChI=1S/C19H27N5O.HI/c1-14(2)18-11-17(25-23-18)12-21-19(20-3)22-15-9-10-24(13-15)16-7-5-4-6-8-16;/h4-8,11,14-15H,9-10,12-13H2,1-3H3,(H2,20,21,22);1H. The SMILES string of the molecule is CN=C(NCc1cc(C(C)C)no1)NC1CCN(c2ccccc2)C1.I. The van der Waals surface area contributed by atoms with Crippen LogP contribution in [-0.2, 0) is 6.54 Å². The van der Waals surface area contributed by atoms with Crippen molar-refractivity contribution >= 4 is 35.6 Å². The van der Waals surface area contributed by atoms with Crippen LogP contribution in [0.5, 0.6) is 0 Å². The second-order valence-corrected chi connectivity index (χ2v) is 6.71. The molecule has 0 amide bonds. The molecule has 1 atom stereocenters. The van der Waals surface area contributed by atoms with E-state index in [1.807, 2.05) is 6.07 Å². The molecule has 0 radical (unpaired) electrons. The van der Waals surface area contributed by atoms with E-state index in [1.165, 1.54) is 5.69 Å². The van der Waals surface area contributed by atoms with Crippen molar-refractivity contribution in [3.8, 4) is 0 Å². The molecule has 3 rings (SSSR count). The summed E-state index contributed by atoms with van der Waals surface area (Å²) in [7, 11) is 1.79. The van der Waals surface area contributed by atoms with Crippen LogP contribution >= 0.6 is 24.0 Å². The first-order valence-corrected chi connectivity index (χ1v) is 8.88. The zero-order chi connectivity index (χ0) is 17.6. The number of hydrogen-bond acceptors (Lipinski definition) is 4. The number of anilines is 1. The minimum atomic E-state index is 0. The molecule has 26 heavy (non-hydrogen) atoms. The van der Waals surface area contributed by atoms with Gasteiger partial charge < -0.3 is 20.1 Å². The summed E-state index contributed by atoms with van der Waals surface area (Å²) in [5.41, 5.74) is 2.26. The van der Waals surface area contributed by atoms with E-state index in [-0.39, 0.29) is 24.0 Å². The highest BCUT2D eigenvalue weighted by atomic mass is 127. The van der Waals surface area contributed by atoms with E-state index in [0.29, 0.717) is 18.5 Å². The molecule has 7 heteroatoms. The largest absolute Gasteiger partial charge is 0.369 e. The first-order chi connectivity index (χ1) is 12.2. The Kier molecular flexibility index (Phi) is 7.74. The molecule has 0 spiro atoms. The summed E-state index contributed by atoms with van der Waals surface area (Å²) in [6.07, 6.45) is 1.09. The van der Waals surface area contributed by atoms with Crippen molar-refractivity contribution in [1.29, 1.82) is 0 Å². The predicted molar refractivity (Wildman–Crippen MR) is 116 cm³/mol. The van der Waals surface area contributed by atoms with Crippen LogP contribution in [0.15, 0.2) is 45.9 Å². The molecule has 1 aliphatic rings. The van der Waals surface area contributed by atoms with Crippen LogP contribution in [0.25, 0.3) is 0 Å². The van der Waals surface area contributed by atoms with E-state index >= 15 is 0 Å². The Morgan fingerprint density at radius 2 is 2.12 bits per heavy atom. The van der Waals surface area contributed by atoms with Gasteiger partial charge in [-0.15, -0.1) is 24.0 Å². The molecule has 1 aliphatic heterocycles. The quantitative estimate of drug-likeness (QED) is 0.400. The third-order valence-electron chi connectivity index (χ3n) is 4.47. The van der Waals surface area contributed by atoms with E-state index < -0.39 is 0 Å². The Hall–Kier alpha value is -1.77. The molecule has 1 aromatic carbocycles. The maximum Gasteiger partial charge on any atom is 0.191 e. The zero-order valence-corrected chi connectivity index (χ0v) is 17.9. The summed E-state index contributed by atoms with van der Waals surface area (Å²) < 4.78 is 5.36. The van der Waals surface area contributed by atoms with Gasteiger partial charge in [0.25, 0.3) is 0 Å². The third-order valence-corrected chi connectivity index (χ3v) is 4.47. The fourth-order valence-corrected chi connectivity index (χ4v) is 2.99. The van der Waals surface area contributed by atoms with Crippen LogP contribution in [0.1, 0.15) is 37.6 Å². The second kappa shape index (κ2) is 9.80. The van der Waals surface area contributed by atoms with Crippen LogP contribution in [0.3, 0.4) is 0 Å². The number of aliphatic imine (C=N–C) groups is 1. The minimum Gasteiger partial charge on any atom is -0.369 e. The van der Waals surface area contributed by atoms with E-state index in [2.05, 4.69) is 69.9 Å². The molecule has 2 aromatic rings. The summed E-state index contributed by atoms with van der Waals surface area (Å²) in [5, 5.41) is 10.9. The summed E-state index contributed by atoms with van der Waals surface area (Å²) in [6, 6.07) is 12.9. The monoisotopic (exact) mass is 469 g/mol. The molecular formula is C19H28IN5O. The lowest BCUT2D eigenvalue weighted by Crippen LogP contribution is -2.44. The predicted octanol–water partition coefficient (Wildman–Crippen LogP) is 3.36. The average molecular weight is 469 g/mol. The lowest BCUT2D eigenvalue weighted by atomic mass is 10.1. The Bertz CT molecular complexity index is 701. The smallest absolute Gasteiger partial charge is 0.191 e. The van der Waals surface area contributed by atoms with Gasteiger partial charge in [-0.25, -0.2) is 0 Å². The lowest BCUT2D eigenvalue weighted by Gasteiger charge is -2.20. The van der Waals surface area contributed by atoms with Gasteiger partial charge in [-0.2, -0.15) is 0 Å². The van der Waals surface area contributed by atoms with Gasteiger partial charge in [0, 0.05) is 37.9 Å². The van der Waals surface area contributed by atoms with Gasteiger partial charge >= 0.3 is 0 Å². The maximum absolute atomic E-state index is 5.36. The number of rotatable bonds is 5. The van der Waals surface area contributed by atoms with E-state index in [9.17, 15) is 0 Å². The van der Waals surface area contributed by atoms with Crippen molar-refractivity contribution in [3.05, 3.63) is 47.9 Å². The summed E-state index contributed by atoms with van der Waals surface area (Å²) in [5.74, 6) is 1.99. The van der Waals surface area contributed by atoms with Gasteiger partial charge in [0.15, 0.2) is 11.7 Å². The summed E-state index contributed by atoms with van der Waals surface area (Å²) in [6.45, 7) is 6.82. The highest BCUT2D eigenvalue weighted by Gasteiger charge is 2.23. The molecule has 1 saturated heterocycles. The second-order valence-electron chi connectivity index (χ2n) is 6.71. The Morgan fingerprint density at radius 1 is 1.35 bits per heavy atom. The van der Waals surface area contributed by atoms with Crippen LogP contribution in [-0.4, -0.2) is 37.3 Å². The number of aromatic nitrogens is 1. The van der Waals surface area contributed by atoms with E-state index in [4.69, 9.17) is 4.52 Å². The first kappa shape index (κ1) is 20.5. The maximum atomic E-state index is 5.36. The van der Waals surface area contributed by atoms with Gasteiger partial charge in [-0.05, 0) is 24.5 Å². The topological polar surface area (TPSA) is 65.7 Å². The molecule has 1 unspecified atom stereocenters. The van der Waals surface area contributed by atoms with Gasteiger partial charge in [0.1, 0.15) is 0 Å². The van der Waals surface area contributed by atoms with Crippen molar-refractivity contribution in [2.45, 2.75) is 38.8 Å². The van der Waals surface area contributed by atoms with Gasteiger partial charge in [0.05, 0.1) is 12.2 Å². The van der Waals surface area contributed by atoms with Crippen molar-refractivity contribution in [2.75, 3.05) is 25.0 Å². The fraction of sp³-hybridized carbons (Fsp3) is 0.474. The van der Waals surface area contributed by atoms with Crippen molar-refractivity contribution in [2.24, 2.45) is 4.99 Å². The number of guanidine groups is 1. The van der Waals surface area contributed by atoms with Crippen LogP contribution in [0.2, 0.25) is 0 Å². The first-order valence-electron chi connectivity index (χ1n) is 8.88. The minimum absolute atomic E-state index is 0. The van der Waals surface area contributed by atoms with Crippen molar-refractivity contribution < 1.29 is 4.52 Å². The number of benzene rings is 1. The molecule has 1 aromatic heterocycles. The van der Waals surface area contributed by atoms with E-state index in [1.54, 1.807) is 7.05 Å². The van der Waals surface area contributed by atoms with Crippen molar-refractivity contribution in [3.63, 3.8) is 0 Å². The lowest BCUT2D eigenvalue weighted by molar-refractivity contribution is 0.371. The Morgan fingerprint density at radius 3 is 2.77 bits per heavy atom. The number of nitrogens with zero attached hydrogens (tertiary/aromatic N) is 3. The molecule has 2 N–H and O–H groups in total. The number of nitrogens with one attached hydrogen (secondary N) is 2. The number of halogens is 1. The van der Waals surface area contributed by atoms with Crippen LogP contribution in [0.4, 0.5) is 5.69 Å². The normalized spacial score (nSPS) is 17.3. The summed E-state index contributed by atoms with van der Waals surface area (Å²) in [4.78, 5) is 6.72. The molecule has 0 saturated carbocycles. The van der Waals surface area contributed by atoms with Gasteiger partial charge in [-0.1, -0.05) is 37.2 Å². The number of hydrogen-bond donors (Lipinski definition) is 2. The van der Waals surface area contributed by atoms with Crippen molar-refractivity contribution in [1.82, 2.24) is 15.8 Å². The Balaban J connectivity index is 0.00000243. The highest BCUT2D eigenvalue weighted by Crippen LogP contribution is 2.19. The molecular weight excluding hydrogens is 441 g/mol. The van der Waals surface area contributed by atoms with Crippen LogP contribution < -0.4 is 15.5 Å². The molecule has 0 bridgehead atoms. The zero-order valence-electron chi connectivity index (χ0n) is 15.6. The third kappa shape index (κ3) is 5.36. The average Bonchev–Trinajstić information content (AvgIpc) is 3.29. The molecule has 0 aliphatic carbocycles. The summed E-state index contributed by atoms with van der Waals surface area (Å²) >= 11 is 0. The van der Waals surface area contributed by atoms with E-state index in [0.717, 1.165) is 36.9 Å². The molecule has 142 valence electrons. The Labute approximate surface area is 172 Å². The number of para-hydroxylation sites is 1. The van der Waals surface area contributed by atoms with Gasteiger partial charge in [-0.3, -0.25) is 4.99 Å². The fourth-order valence-electron chi connectivity index (χ4n) is 2.99. The molecule has 6 nitrogen and oxygen atoms in total.